The van der Waals surface area contributed by atoms with Gasteiger partial charge in [0.15, 0.2) is 0 Å². The molecule has 0 radical (unpaired) electrons. The number of nitrogens with zero attached hydrogens (tertiary/aromatic N) is 1. The van der Waals surface area contributed by atoms with Crippen molar-refractivity contribution in [3.63, 3.8) is 0 Å². The lowest BCUT2D eigenvalue weighted by Gasteiger charge is -2.44. The lowest BCUT2D eigenvalue weighted by atomic mass is 9.75. The second-order valence-electron chi connectivity index (χ2n) is 10.2. The zero-order valence-corrected chi connectivity index (χ0v) is 21.5. The summed E-state index contributed by atoms with van der Waals surface area (Å²) in [5.74, 6) is 1.72. The van der Waals surface area contributed by atoms with Crippen molar-refractivity contribution in [1.29, 1.82) is 0 Å². The second-order valence-corrected chi connectivity index (χ2v) is 17.7. The molecule has 1 fully saturated rings. The van der Waals surface area contributed by atoms with E-state index in [1.165, 1.54) is 18.0 Å². The van der Waals surface area contributed by atoms with Crippen molar-refractivity contribution in [2.75, 3.05) is 13.1 Å². The maximum atomic E-state index is 14.8. The summed E-state index contributed by atoms with van der Waals surface area (Å²) < 4.78 is 23.7. The molecule has 2 aliphatic rings. The molecule has 0 aliphatic heterocycles. The van der Waals surface area contributed by atoms with Gasteiger partial charge in [-0.3, -0.25) is 4.57 Å². The molecule has 162 valence electrons. The van der Waals surface area contributed by atoms with Crippen LogP contribution in [-0.4, -0.2) is 37.6 Å². The Labute approximate surface area is 175 Å². The monoisotopic (exact) mass is 425 g/mol. The molecule has 0 aromatic heterocycles. The standard InChI is InChI=1S/C23H44NO2PSi/c1-9-24(10-2)27(25,22-13-11-12-14-23(22)28(6,7)8)26-21-17-19(5)15-16-20(21)18(3)4/h11,13-14,18-22H,9-10,12,15-17H2,1-8H3/t19-,20+,21-,22?,27?/m1/s1. The molecule has 28 heavy (non-hydrogen) atoms. The molecular formula is C23H44NO2PSi. The van der Waals surface area contributed by atoms with E-state index in [1.54, 1.807) is 0 Å². The van der Waals surface area contributed by atoms with Crippen LogP contribution in [0, 0.1) is 17.8 Å². The zero-order chi connectivity index (χ0) is 21.1. The molecule has 0 saturated heterocycles. The number of hydrogen-bond donors (Lipinski definition) is 0. The molecule has 0 heterocycles. The smallest absolute Gasteiger partial charge is 0.282 e. The molecule has 2 unspecified atom stereocenters. The molecule has 0 amide bonds. The van der Waals surface area contributed by atoms with Gasteiger partial charge in [-0.15, -0.1) is 0 Å². The fourth-order valence-corrected chi connectivity index (χ4v) is 11.2. The van der Waals surface area contributed by atoms with Gasteiger partial charge >= 0.3 is 0 Å². The molecule has 2 aliphatic carbocycles. The van der Waals surface area contributed by atoms with Crippen LogP contribution in [0.5, 0.6) is 0 Å². The van der Waals surface area contributed by atoms with Gasteiger partial charge in [0.1, 0.15) is 0 Å². The second kappa shape index (κ2) is 9.77. The van der Waals surface area contributed by atoms with Crippen molar-refractivity contribution in [2.45, 2.75) is 91.7 Å². The molecular weight excluding hydrogens is 381 g/mol. The number of hydrogen-bond acceptors (Lipinski definition) is 2. The van der Waals surface area contributed by atoms with Crippen LogP contribution in [0.1, 0.15) is 60.3 Å². The molecule has 0 aromatic rings. The van der Waals surface area contributed by atoms with E-state index in [9.17, 15) is 4.57 Å². The van der Waals surface area contributed by atoms with Crippen LogP contribution < -0.4 is 0 Å². The molecule has 0 aromatic carbocycles. The van der Waals surface area contributed by atoms with Gasteiger partial charge in [-0.2, -0.15) is 0 Å². The summed E-state index contributed by atoms with van der Waals surface area (Å²) in [7, 11) is -4.60. The molecule has 0 spiro atoms. The van der Waals surface area contributed by atoms with Gasteiger partial charge in [-0.1, -0.05) is 84.1 Å². The van der Waals surface area contributed by atoms with Gasteiger partial charge in [0.25, 0.3) is 7.52 Å². The van der Waals surface area contributed by atoms with Crippen LogP contribution in [0.4, 0.5) is 0 Å². The van der Waals surface area contributed by atoms with Crippen molar-refractivity contribution >= 4 is 15.6 Å². The normalized spacial score (nSPS) is 31.1. The van der Waals surface area contributed by atoms with E-state index in [4.69, 9.17) is 4.52 Å². The van der Waals surface area contributed by atoms with Crippen molar-refractivity contribution in [3.8, 4) is 0 Å². The Morgan fingerprint density at radius 3 is 2.39 bits per heavy atom. The highest BCUT2D eigenvalue weighted by atomic mass is 31.2. The molecule has 5 heteroatoms. The van der Waals surface area contributed by atoms with E-state index in [0.29, 0.717) is 17.8 Å². The minimum atomic E-state index is -3.02. The van der Waals surface area contributed by atoms with Crippen LogP contribution >= 0.6 is 7.52 Å². The van der Waals surface area contributed by atoms with Gasteiger partial charge in [0.2, 0.25) is 0 Å². The fourth-order valence-electron chi connectivity index (χ4n) is 5.02. The van der Waals surface area contributed by atoms with Crippen LogP contribution in [-0.2, 0) is 9.09 Å². The zero-order valence-electron chi connectivity index (χ0n) is 19.6. The molecule has 0 N–H and O–H groups in total. The van der Waals surface area contributed by atoms with Crippen molar-refractivity contribution in [1.82, 2.24) is 4.67 Å². The summed E-state index contributed by atoms with van der Waals surface area (Å²) in [4.78, 5) is 0. The third-order valence-corrected chi connectivity index (χ3v) is 12.3. The van der Waals surface area contributed by atoms with Crippen LogP contribution in [0.3, 0.4) is 0 Å². The molecule has 5 atom stereocenters. The Hall–Kier alpha value is -0.153. The summed E-state index contributed by atoms with van der Waals surface area (Å²) in [6.07, 6.45) is 11.3. The molecule has 3 nitrogen and oxygen atoms in total. The predicted molar refractivity (Wildman–Crippen MR) is 126 cm³/mol. The van der Waals surface area contributed by atoms with Crippen LogP contribution in [0.2, 0.25) is 19.6 Å². The van der Waals surface area contributed by atoms with Crippen molar-refractivity contribution in [2.24, 2.45) is 17.8 Å². The van der Waals surface area contributed by atoms with E-state index in [2.05, 4.69) is 77.2 Å². The maximum Gasteiger partial charge on any atom is 0.282 e. The summed E-state index contributed by atoms with van der Waals surface area (Å²) in [5.41, 5.74) is -0.0714. The van der Waals surface area contributed by atoms with E-state index in [1.807, 2.05) is 0 Å². The molecule has 2 rings (SSSR count). The Morgan fingerprint density at radius 2 is 1.86 bits per heavy atom. The Bertz CT molecular complexity index is 619. The first-order valence-electron chi connectivity index (χ1n) is 11.4. The molecule has 0 bridgehead atoms. The first-order chi connectivity index (χ1) is 13.0. The van der Waals surface area contributed by atoms with Crippen molar-refractivity contribution in [3.05, 3.63) is 23.4 Å². The average Bonchev–Trinajstić information content (AvgIpc) is 2.61. The van der Waals surface area contributed by atoms with Gasteiger partial charge < -0.3 is 4.52 Å². The Balaban J connectivity index is 2.45. The Morgan fingerprint density at radius 1 is 1.21 bits per heavy atom. The first-order valence-corrected chi connectivity index (χ1v) is 16.6. The third-order valence-electron chi connectivity index (χ3n) is 6.70. The summed E-state index contributed by atoms with van der Waals surface area (Å²) in [6.45, 7) is 19.8. The highest BCUT2D eigenvalue weighted by Gasteiger charge is 2.47. The minimum absolute atomic E-state index is 0.0714. The minimum Gasteiger partial charge on any atom is -0.313 e. The van der Waals surface area contributed by atoms with Gasteiger partial charge in [-0.05, 0) is 37.0 Å². The summed E-state index contributed by atoms with van der Waals surface area (Å²) in [5, 5.41) is 1.41. The Kier molecular flexibility index (Phi) is 8.42. The number of rotatable bonds is 8. The predicted octanol–water partition coefficient (Wildman–Crippen LogP) is 7.13. The van der Waals surface area contributed by atoms with Gasteiger partial charge in [0, 0.05) is 13.1 Å². The SMILES string of the molecule is CCN(CC)P(=O)(O[C@@H]1C[C@H](C)CC[C@H]1C(C)C)C1C=CCC=C1[Si](C)(C)C. The van der Waals surface area contributed by atoms with E-state index >= 15 is 0 Å². The number of allylic oxidation sites excluding steroid dienone is 4. The van der Waals surface area contributed by atoms with Crippen LogP contribution in [0.15, 0.2) is 23.4 Å². The molecule has 1 saturated carbocycles. The van der Waals surface area contributed by atoms with Crippen molar-refractivity contribution < 1.29 is 9.09 Å². The van der Waals surface area contributed by atoms with E-state index in [-0.39, 0.29) is 11.8 Å². The highest BCUT2D eigenvalue weighted by Crippen LogP contribution is 2.62. The quantitative estimate of drug-likeness (QED) is 0.235. The van der Waals surface area contributed by atoms with Gasteiger partial charge in [0.05, 0.1) is 19.8 Å². The largest absolute Gasteiger partial charge is 0.313 e. The van der Waals surface area contributed by atoms with Crippen LogP contribution in [0.25, 0.3) is 0 Å². The fraction of sp³-hybridized carbons (Fsp3) is 0.826. The van der Waals surface area contributed by atoms with Gasteiger partial charge in [-0.25, -0.2) is 4.67 Å². The lowest BCUT2D eigenvalue weighted by Crippen LogP contribution is -2.40. The first kappa shape index (κ1) is 24.1. The summed E-state index contributed by atoms with van der Waals surface area (Å²) >= 11 is 0. The third kappa shape index (κ3) is 5.30. The lowest BCUT2D eigenvalue weighted by molar-refractivity contribution is 0.0401. The maximum absolute atomic E-state index is 14.8. The highest BCUT2D eigenvalue weighted by molar-refractivity contribution is 7.58. The topological polar surface area (TPSA) is 29.5 Å². The summed E-state index contributed by atoms with van der Waals surface area (Å²) in [6, 6.07) is 0. The van der Waals surface area contributed by atoms with E-state index in [0.717, 1.165) is 25.9 Å². The van der Waals surface area contributed by atoms with E-state index < -0.39 is 15.6 Å². The average molecular weight is 426 g/mol.